The maximum absolute atomic E-state index is 13.2. The predicted octanol–water partition coefficient (Wildman–Crippen LogP) is 5.02. The van der Waals surface area contributed by atoms with Gasteiger partial charge in [0.05, 0.1) is 10.8 Å². The number of benzene rings is 2. The third kappa shape index (κ3) is 5.52. The highest BCUT2D eigenvalue weighted by atomic mass is 35.5. The van der Waals surface area contributed by atoms with Crippen molar-refractivity contribution in [3.63, 3.8) is 0 Å². The summed E-state index contributed by atoms with van der Waals surface area (Å²) in [6.45, 7) is 6.92. The van der Waals surface area contributed by atoms with E-state index in [1.165, 1.54) is 30.0 Å². The summed E-state index contributed by atoms with van der Waals surface area (Å²) < 4.78 is 21.1. The Morgan fingerprint density at radius 2 is 2.03 bits per heavy atom. The fraction of sp³-hybridized carbons (Fsp3) is 0.286. The molecule has 0 bridgehead atoms. The van der Waals surface area contributed by atoms with Crippen molar-refractivity contribution in [3.05, 3.63) is 64.2 Å². The molecule has 0 aliphatic carbocycles. The number of aryl methyl sites for hydroxylation is 2. The molecule has 0 fully saturated rings. The van der Waals surface area contributed by atoms with Crippen molar-refractivity contribution in [2.24, 2.45) is 0 Å². The quantitative estimate of drug-likeness (QED) is 0.490. The highest BCUT2D eigenvalue weighted by molar-refractivity contribution is 7.99. The second-order valence-corrected chi connectivity index (χ2v) is 8.02. The van der Waals surface area contributed by atoms with Crippen molar-refractivity contribution < 1.29 is 13.9 Å². The number of hydrogen-bond acceptors (Lipinski definition) is 5. The van der Waals surface area contributed by atoms with Gasteiger partial charge in [-0.1, -0.05) is 35.5 Å². The zero-order chi connectivity index (χ0) is 21.7. The molecule has 2 aromatic carbocycles. The van der Waals surface area contributed by atoms with Crippen molar-refractivity contribution in [1.82, 2.24) is 14.8 Å². The monoisotopic (exact) mass is 448 g/mol. The Morgan fingerprint density at radius 3 is 2.77 bits per heavy atom. The Hall–Kier alpha value is -2.58. The first kappa shape index (κ1) is 22.1. The first-order chi connectivity index (χ1) is 14.4. The molecule has 9 heteroatoms. The summed E-state index contributed by atoms with van der Waals surface area (Å²) in [7, 11) is 0. The molecule has 0 saturated heterocycles. The van der Waals surface area contributed by atoms with Crippen LogP contribution in [-0.4, -0.2) is 26.4 Å². The van der Waals surface area contributed by atoms with Crippen LogP contribution in [0.1, 0.15) is 23.9 Å². The minimum atomic E-state index is -0.532. The highest BCUT2D eigenvalue weighted by Crippen LogP contribution is 2.23. The van der Waals surface area contributed by atoms with Gasteiger partial charge in [0.1, 0.15) is 18.2 Å². The van der Waals surface area contributed by atoms with Crippen LogP contribution in [0.15, 0.2) is 41.6 Å². The topological polar surface area (TPSA) is 69.0 Å². The van der Waals surface area contributed by atoms with Crippen LogP contribution in [0.4, 0.5) is 10.1 Å². The van der Waals surface area contributed by atoms with Crippen LogP contribution in [0, 0.1) is 19.7 Å². The number of hydrogen-bond donors (Lipinski definition) is 1. The average Bonchev–Trinajstić information content (AvgIpc) is 3.11. The van der Waals surface area contributed by atoms with E-state index in [0.29, 0.717) is 23.2 Å². The van der Waals surface area contributed by atoms with E-state index in [9.17, 15) is 9.18 Å². The summed E-state index contributed by atoms with van der Waals surface area (Å²) in [5.41, 5.74) is 2.61. The molecule has 1 heterocycles. The summed E-state index contributed by atoms with van der Waals surface area (Å²) in [5, 5.41) is 11.7. The van der Waals surface area contributed by atoms with E-state index in [4.69, 9.17) is 16.3 Å². The second-order valence-electron chi connectivity index (χ2n) is 6.67. The summed E-state index contributed by atoms with van der Waals surface area (Å²) in [6, 6.07) is 10.1. The standard InChI is InChI=1S/C21H22ClFN4O2S/c1-4-27-19(11-29-18-9-13(2)5-6-14(18)3)25-26-21(27)30-12-20(28)24-15-7-8-17(23)16(22)10-15/h5-10H,4,11-12H2,1-3H3,(H,24,28). The van der Waals surface area contributed by atoms with Crippen LogP contribution in [0.2, 0.25) is 5.02 Å². The zero-order valence-corrected chi connectivity index (χ0v) is 18.5. The molecule has 158 valence electrons. The number of carbonyl (C=O) groups is 1. The fourth-order valence-electron chi connectivity index (χ4n) is 2.76. The Bertz CT molecular complexity index is 1060. The number of nitrogens with zero attached hydrogens (tertiary/aromatic N) is 3. The van der Waals surface area contributed by atoms with E-state index in [0.717, 1.165) is 16.9 Å². The number of ether oxygens (including phenoxy) is 1. The molecule has 1 aromatic heterocycles. The van der Waals surface area contributed by atoms with E-state index in [1.807, 2.05) is 43.5 Å². The van der Waals surface area contributed by atoms with Gasteiger partial charge in [-0.2, -0.15) is 0 Å². The molecular weight excluding hydrogens is 427 g/mol. The van der Waals surface area contributed by atoms with Gasteiger partial charge in [-0.05, 0) is 56.2 Å². The molecule has 0 unspecified atom stereocenters. The molecule has 3 rings (SSSR count). The molecule has 0 aliphatic heterocycles. The lowest BCUT2D eigenvalue weighted by Gasteiger charge is -2.11. The van der Waals surface area contributed by atoms with Gasteiger partial charge in [0.25, 0.3) is 0 Å². The van der Waals surface area contributed by atoms with Gasteiger partial charge in [0.15, 0.2) is 11.0 Å². The average molecular weight is 449 g/mol. The number of halogens is 2. The fourth-order valence-corrected chi connectivity index (χ4v) is 3.76. The Labute approximate surface area is 183 Å². The van der Waals surface area contributed by atoms with E-state index >= 15 is 0 Å². The number of rotatable bonds is 8. The van der Waals surface area contributed by atoms with Gasteiger partial charge in [-0.25, -0.2) is 4.39 Å². The van der Waals surface area contributed by atoms with Crippen molar-refractivity contribution in [3.8, 4) is 5.75 Å². The normalized spacial score (nSPS) is 10.8. The molecule has 0 radical (unpaired) electrons. The van der Waals surface area contributed by atoms with Gasteiger partial charge in [0, 0.05) is 12.2 Å². The number of nitrogens with one attached hydrogen (secondary N) is 1. The third-order valence-electron chi connectivity index (χ3n) is 4.35. The maximum atomic E-state index is 13.2. The van der Waals surface area contributed by atoms with E-state index in [2.05, 4.69) is 15.5 Å². The smallest absolute Gasteiger partial charge is 0.234 e. The zero-order valence-electron chi connectivity index (χ0n) is 16.9. The minimum Gasteiger partial charge on any atom is -0.485 e. The summed E-state index contributed by atoms with van der Waals surface area (Å²) in [4.78, 5) is 12.2. The predicted molar refractivity (Wildman–Crippen MR) is 117 cm³/mol. The molecule has 1 N–H and O–H groups in total. The Balaban J connectivity index is 1.60. The van der Waals surface area contributed by atoms with Gasteiger partial charge >= 0.3 is 0 Å². The first-order valence-corrected chi connectivity index (χ1v) is 10.7. The van der Waals surface area contributed by atoms with Gasteiger partial charge in [-0.15, -0.1) is 10.2 Å². The van der Waals surface area contributed by atoms with Crippen LogP contribution in [0.3, 0.4) is 0 Å². The van der Waals surface area contributed by atoms with E-state index in [-0.39, 0.29) is 23.3 Å². The van der Waals surface area contributed by atoms with Crippen LogP contribution in [-0.2, 0) is 17.9 Å². The number of anilines is 1. The highest BCUT2D eigenvalue weighted by Gasteiger charge is 2.14. The van der Waals surface area contributed by atoms with Crippen LogP contribution in [0.25, 0.3) is 0 Å². The Kier molecular flexibility index (Phi) is 7.33. The van der Waals surface area contributed by atoms with Gasteiger partial charge in [0.2, 0.25) is 5.91 Å². The summed E-state index contributed by atoms with van der Waals surface area (Å²) in [5.74, 6) is 0.848. The SMILES string of the molecule is CCn1c(COc2cc(C)ccc2C)nnc1SCC(=O)Nc1ccc(F)c(Cl)c1. The number of thioether (sulfide) groups is 1. The molecule has 0 aliphatic rings. The number of amides is 1. The first-order valence-electron chi connectivity index (χ1n) is 9.37. The number of aromatic nitrogens is 3. The van der Waals surface area contributed by atoms with Crippen molar-refractivity contribution in [2.45, 2.75) is 39.1 Å². The second kappa shape index (κ2) is 9.95. The molecule has 1 amide bonds. The lowest BCUT2D eigenvalue weighted by atomic mass is 10.1. The van der Waals surface area contributed by atoms with Crippen LogP contribution < -0.4 is 10.1 Å². The number of carbonyl (C=O) groups excluding carboxylic acids is 1. The molecule has 0 spiro atoms. The molecular formula is C21H22ClFN4O2S. The van der Waals surface area contributed by atoms with Gasteiger partial charge in [-0.3, -0.25) is 4.79 Å². The van der Waals surface area contributed by atoms with Crippen LogP contribution in [0.5, 0.6) is 5.75 Å². The molecule has 6 nitrogen and oxygen atoms in total. The molecule has 30 heavy (non-hydrogen) atoms. The van der Waals surface area contributed by atoms with Crippen molar-refractivity contribution in [1.29, 1.82) is 0 Å². The lowest BCUT2D eigenvalue weighted by molar-refractivity contribution is -0.113. The maximum Gasteiger partial charge on any atom is 0.234 e. The van der Waals surface area contributed by atoms with Crippen LogP contribution >= 0.6 is 23.4 Å². The summed E-state index contributed by atoms with van der Waals surface area (Å²) >= 11 is 7.01. The third-order valence-corrected chi connectivity index (χ3v) is 5.60. The largest absolute Gasteiger partial charge is 0.485 e. The lowest BCUT2D eigenvalue weighted by Crippen LogP contribution is -2.15. The minimum absolute atomic E-state index is 0.0420. The van der Waals surface area contributed by atoms with E-state index < -0.39 is 5.82 Å². The van der Waals surface area contributed by atoms with Gasteiger partial charge < -0.3 is 14.6 Å². The molecule has 0 saturated carbocycles. The van der Waals surface area contributed by atoms with Crippen molar-refractivity contribution >= 4 is 35.0 Å². The molecule has 3 aromatic rings. The van der Waals surface area contributed by atoms with E-state index in [1.54, 1.807) is 0 Å². The summed E-state index contributed by atoms with van der Waals surface area (Å²) in [6.07, 6.45) is 0. The Morgan fingerprint density at radius 1 is 1.23 bits per heavy atom. The molecule has 0 atom stereocenters. The van der Waals surface area contributed by atoms with Crippen molar-refractivity contribution in [2.75, 3.05) is 11.1 Å².